The maximum Gasteiger partial charge on any atom is 0.0600 e. The zero-order chi connectivity index (χ0) is 14.4. The van der Waals surface area contributed by atoms with Crippen molar-refractivity contribution in [1.29, 1.82) is 0 Å². The van der Waals surface area contributed by atoms with E-state index in [0.29, 0.717) is 0 Å². The predicted molar refractivity (Wildman–Crippen MR) is 82.7 cm³/mol. The van der Waals surface area contributed by atoms with E-state index in [1.54, 1.807) is 0 Å². The van der Waals surface area contributed by atoms with Gasteiger partial charge in [0.05, 0.1) is 12.2 Å². The molecule has 20 heavy (non-hydrogen) atoms. The molecule has 0 aromatic carbocycles. The quantitative estimate of drug-likeness (QED) is 0.876. The molecule has 0 bridgehead atoms. The molecule has 0 aliphatic heterocycles. The second kappa shape index (κ2) is 7.01. The van der Waals surface area contributed by atoms with Gasteiger partial charge in [-0.05, 0) is 31.7 Å². The lowest BCUT2D eigenvalue weighted by Gasteiger charge is -2.22. The smallest absolute Gasteiger partial charge is 0.0600 e. The van der Waals surface area contributed by atoms with Gasteiger partial charge in [-0.2, -0.15) is 0 Å². The molecule has 0 aliphatic rings. The molecule has 0 amide bonds. The van der Waals surface area contributed by atoms with Crippen molar-refractivity contribution in [3.8, 4) is 0 Å². The Morgan fingerprint density at radius 2 is 2.10 bits per heavy atom. The van der Waals surface area contributed by atoms with Crippen LogP contribution in [0, 0.1) is 6.92 Å². The molecule has 1 N–H and O–H groups in total. The number of hydrogen-bond acceptors (Lipinski definition) is 4. The van der Waals surface area contributed by atoms with Crippen molar-refractivity contribution in [2.24, 2.45) is 0 Å². The highest BCUT2D eigenvalue weighted by molar-refractivity contribution is 5.51. The fraction of sp³-hybridized carbons (Fsp3) is 0.375. The Hall–Kier alpha value is -1.94. The summed E-state index contributed by atoms with van der Waals surface area (Å²) in [5, 5.41) is 3.35. The molecule has 2 aromatic rings. The van der Waals surface area contributed by atoms with Crippen LogP contribution in [0.15, 0.2) is 36.7 Å². The van der Waals surface area contributed by atoms with E-state index in [2.05, 4.69) is 52.4 Å². The van der Waals surface area contributed by atoms with E-state index in [1.807, 2.05) is 25.4 Å². The number of aromatic nitrogens is 2. The monoisotopic (exact) mass is 270 g/mol. The van der Waals surface area contributed by atoms with Gasteiger partial charge in [-0.3, -0.25) is 9.97 Å². The molecule has 2 rings (SSSR count). The maximum atomic E-state index is 4.56. The van der Waals surface area contributed by atoms with Gasteiger partial charge in [0.25, 0.3) is 0 Å². The van der Waals surface area contributed by atoms with E-state index < -0.39 is 0 Å². The van der Waals surface area contributed by atoms with Crippen molar-refractivity contribution < 1.29 is 0 Å². The summed E-state index contributed by atoms with van der Waals surface area (Å²) in [6.07, 6.45) is 3.77. The van der Waals surface area contributed by atoms with Crippen molar-refractivity contribution in [3.63, 3.8) is 0 Å². The van der Waals surface area contributed by atoms with Crippen LogP contribution in [-0.4, -0.2) is 23.6 Å². The van der Waals surface area contributed by atoms with Gasteiger partial charge in [-0.1, -0.05) is 13.0 Å². The minimum atomic E-state index is 0.796. The summed E-state index contributed by atoms with van der Waals surface area (Å²) in [7, 11) is 2.09. The molecule has 0 saturated carbocycles. The second-order valence-electron chi connectivity index (χ2n) is 4.91. The van der Waals surface area contributed by atoms with E-state index >= 15 is 0 Å². The Balaban J connectivity index is 2.14. The molecular weight excluding hydrogens is 248 g/mol. The number of nitrogens with one attached hydrogen (secondary N) is 1. The first kappa shape index (κ1) is 14.5. The van der Waals surface area contributed by atoms with Crippen LogP contribution in [0.25, 0.3) is 0 Å². The standard InChI is InChI=1S/C16H22N4/c1-4-17-10-14-11-18-9-8-16(14)20(3)12-15-7-5-6-13(2)19-15/h5-9,11,17H,4,10,12H2,1-3H3. The van der Waals surface area contributed by atoms with E-state index in [-0.39, 0.29) is 0 Å². The lowest BCUT2D eigenvalue weighted by molar-refractivity contribution is 0.719. The van der Waals surface area contributed by atoms with Gasteiger partial charge >= 0.3 is 0 Å². The Labute approximate surface area is 120 Å². The number of rotatable bonds is 6. The van der Waals surface area contributed by atoms with Crippen molar-refractivity contribution in [2.45, 2.75) is 26.9 Å². The molecule has 0 aliphatic carbocycles. The second-order valence-corrected chi connectivity index (χ2v) is 4.91. The highest BCUT2D eigenvalue weighted by atomic mass is 15.1. The minimum absolute atomic E-state index is 0.796. The number of pyridine rings is 2. The molecular formula is C16H22N4. The van der Waals surface area contributed by atoms with Crippen molar-refractivity contribution >= 4 is 5.69 Å². The first-order chi connectivity index (χ1) is 9.70. The third kappa shape index (κ3) is 3.78. The number of anilines is 1. The lowest BCUT2D eigenvalue weighted by atomic mass is 10.2. The summed E-state index contributed by atoms with van der Waals surface area (Å²) < 4.78 is 0. The number of hydrogen-bond donors (Lipinski definition) is 1. The summed E-state index contributed by atoms with van der Waals surface area (Å²) in [6, 6.07) is 8.20. The molecule has 2 heterocycles. The van der Waals surface area contributed by atoms with Crippen LogP contribution in [-0.2, 0) is 13.1 Å². The zero-order valence-electron chi connectivity index (χ0n) is 12.4. The van der Waals surface area contributed by atoms with Crippen LogP contribution in [0.5, 0.6) is 0 Å². The Bertz CT molecular complexity index is 554. The maximum absolute atomic E-state index is 4.56. The molecule has 0 radical (unpaired) electrons. The SMILES string of the molecule is CCNCc1cnccc1N(C)Cc1cccc(C)n1. The third-order valence-electron chi connectivity index (χ3n) is 3.20. The van der Waals surface area contributed by atoms with Gasteiger partial charge in [0.2, 0.25) is 0 Å². The third-order valence-corrected chi connectivity index (χ3v) is 3.20. The fourth-order valence-electron chi connectivity index (χ4n) is 2.20. The van der Waals surface area contributed by atoms with Crippen molar-refractivity contribution in [2.75, 3.05) is 18.5 Å². The molecule has 2 aromatic heterocycles. The average Bonchev–Trinajstić information content (AvgIpc) is 2.45. The first-order valence-corrected chi connectivity index (χ1v) is 6.98. The Kier molecular flexibility index (Phi) is 5.07. The summed E-state index contributed by atoms with van der Waals surface area (Å²) >= 11 is 0. The molecule has 0 saturated heterocycles. The van der Waals surface area contributed by atoms with Crippen LogP contribution in [0.3, 0.4) is 0 Å². The first-order valence-electron chi connectivity index (χ1n) is 6.98. The normalized spacial score (nSPS) is 10.6. The highest BCUT2D eigenvalue weighted by Gasteiger charge is 2.08. The Morgan fingerprint density at radius 1 is 1.25 bits per heavy atom. The number of nitrogens with zero attached hydrogens (tertiary/aromatic N) is 3. The van der Waals surface area contributed by atoms with Crippen LogP contribution in [0.2, 0.25) is 0 Å². The molecule has 0 fully saturated rings. The van der Waals surface area contributed by atoms with Crippen LogP contribution < -0.4 is 10.2 Å². The van der Waals surface area contributed by atoms with Gasteiger partial charge in [-0.25, -0.2) is 0 Å². The van der Waals surface area contributed by atoms with Crippen molar-refractivity contribution in [3.05, 3.63) is 53.6 Å². The molecule has 4 nitrogen and oxygen atoms in total. The van der Waals surface area contributed by atoms with Gasteiger partial charge in [0.15, 0.2) is 0 Å². The number of aryl methyl sites for hydroxylation is 1. The molecule has 0 unspecified atom stereocenters. The van der Waals surface area contributed by atoms with Crippen LogP contribution >= 0.6 is 0 Å². The van der Waals surface area contributed by atoms with Gasteiger partial charge in [0, 0.05) is 42.9 Å². The topological polar surface area (TPSA) is 41.1 Å². The zero-order valence-corrected chi connectivity index (χ0v) is 12.4. The van der Waals surface area contributed by atoms with Gasteiger partial charge in [-0.15, -0.1) is 0 Å². The summed E-state index contributed by atoms with van der Waals surface area (Å²) in [5.74, 6) is 0. The molecule has 0 atom stereocenters. The average molecular weight is 270 g/mol. The van der Waals surface area contributed by atoms with Crippen molar-refractivity contribution in [1.82, 2.24) is 15.3 Å². The van der Waals surface area contributed by atoms with Crippen LogP contribution in [0.4, 0.5) is 5.69 Å². The van der Waals surface area contributed by atoms with E-state index in [4.69, 9.17) is 0 Å². The van der Waals surface area contributed by atoms with Gasteiger partial charge in [0.1, 0.15) is 0 Å². The highest BCUT2D eigenvalue weighted by Crippen LogP contribution is 2.19. The Morgan fingerprint density at radius 3 is 2.85 bits per heavy atom. The fourth-order valence-corrected chi connectivity index (χ4v) is 2.20. The van der Waals surface area contributed by atoms with Gasteiger partial charge < -0.3 is 10.2 Å². The predicted octanol–water partition coefficient (Wildman–Crippen LogP) is 2.53. The van der Waals surface area contributed by atoms with E-state index in [9.17, 15) is 0 Å². The minimum Gasteiger partial charge on any atom is -0.368 e. The summed E-state index contributed by atoms with van der Waals surface area (Å²) in [4.78, 5) is 11.0. The summed E-state index contributed by atoms with van der Waals surface area (Å²) in [6.45, 7) is 6.72. The summed E-state index contributed by atoms with van der Waals surface area (Å²) in [5.41, 5.74) is 4.55. The van der Waals surface area contributed by atoms with Crippen LogP contribution in [0.1, 0.15) is 23.9 Å². The van der Waals surface area contributed by atoms with E-state index in [0.717, 1.165) is 31.0 Å². The largest absolute Gasteiger partial charge is 0.368 e. The molecule has 4 heteroatoms. The molecule has 106 valence electrons. The molecule has 0 spiro atoms. The van der Waals surface area contributed by atoms with E-state index in [1.165, 1.54) is 11.3 Å². The lowest BCUT2D eigenvalue weighted by Crippen LogP contribution is -2.21.